The smallest absolute Gasteiger partial charge is 0.234 e. The number of nitrogen functional groups attached to an aromatic ring is 1. The van der Waals surface area contributed by atoms with Crippen LogP contribution in [0, 0.1) is 22.7 Å². The first-order valence-electron chi connectivity index (χ1n) is 10.7. The minimum Gasteiger partial charge on any atom is -0.383 e. The highest BCUT2D eigenvalue weighted by Gasteiger charge is 2.21. The van der Waals surface area contributed by atoms with Gasteiger partial charge in [-0.1, -0.05) is 49.9 Å². The second-order valence-electron chi connectivity index (χ2n) is 8.21. The average molecular weight is 471 g/mol. The molecule has 0 saturated heterocycles. The van der Waals surface area contributed by atoms with Crippen LogP contribution in [0.25, 0.3) is 11.1 Å². The molecule has 0 saturated carbocycles. The molecule has 0 aliphatic rings. The topological polar surface area (TPSA) is 119 Å². The van der Waals surface area contributed by atoms with Crippen molar-refractivity contribution >= 4 is 34.9 Å². The standard InChI is InChI=1S/C26H26N6OS/c1-16(2)17-5-7-18(8-6-17)24-21(13-27)25(29)31-26(22(24)14-28)34-15-23(33)30-19-9-11-20(12-10-19)32(3)4/h5-12,16H,15H2,1-4H3,(H2,29,31)(H,30,33). The molecular formula is C26H26N6OS. The van der Waals surface area contributed by atoms with Crippen LogP contribution in [0.2, 0.25) is 0 Å². The molecule has 0 atom stereocenters. The molecule has 1 heterocycles. The third-order valence-corrected chi connectivity index (χ3v) is 6.26. The van der Waals surface area contributed by atoms with Crippen molar-refractivity contribution in [1.82, 2.24) is 4.98 Å². The highest BCUT2D eigenvalue weighted by molar-refractivity contribution is 8.00. The fourth-order valence-electron chi connectivity index (χ4n) is 3.40. The quantitative estimate of drug-likeness (QED) is 0.467. The number of thioether (sulfide) groups is 1. The fraction of sp³-hybridized carbons (Fsp3) is 0.231. The maximum Gasteiger partial charge on any atom is 0.234 e. The Morgan fingerprint density at radius 3 is 2.21 bits per heavy atom. The molecule has 0 aliphatic carbocycles. The van der Waals surface area contributed by atoms with Gasteiger partial charge in [0.15, 0.2) is 0 Å². The maximum absolute atomic E-state index is 12.5. The molecule has 0 radical (unpaired) electrons. The van der Waals surface area contributed by atoms with Crippen molar-refractivity contribution in [2.24, 2.45) is 0 Å². The molecule has 0 fully saturated rings. The molecule has 1 aromatic heterocycles. The molecule has 0 bridgehead atoms. The van der Waals surface area contributed by atoms with Gasteiger partial charge < -0.3 is 16.0 Å². The van der Waals surface area contributed by atoms with Gasteiger partial charge in [-0.3, -0.25) is 4.79 Å². The summed E-state index contributed by atoms with van der Waals surface area (Å²) in [5.74, 6) is 0.186. The number of carbonyl (C=O) groups is 1. The zero-order chi connectivity index (χ0) is 24.8. The normalized spacial score (nSPS) is 10.4. The number of nitrogens with two attached hydrogens (primary N) is 1. The number of hydrogen-bond acceptors (Lipinski definition) is 7. The highest BCUT2D eigenvalue weighted by atomic mass is 32.2. The van der Waals surface area contributed by atoms with E-state index in [1.165, 1.54) is 0 Å². The lowest BCUT2D eigenvalue weighted by Gasteiger charge is -2.14. The van der Waals surface area contributed by atoms with Gasteiger partial charge in [-0.15, -0.1) is 0 Å². The molecule has 3 aromatic rings. The van der Waals surface area contributed by atoms with Crippen molar-refractivity contribution in [3.05, 3.63) is 65.2 Å². The predicted molar refractivity (Wildman–Crippen MR) is 138 cm³/mol. The summed E-state index contributed by atoms with van der Waals surface area (Å²) >= 11 is 1.11. The van der Waals surface area contributed by atoms with E-state index in [0.29, 0.717) is 27.8 Å². The van der Waals surface area contributed by atoms with Crippen molar-refractivity contribution in [1.29, 1.82) is 10.5 Å². The number of anilines is 3. The third-order valence-electron chi connectivity index (χ3n) is 5.29. The zero-order valence-corrected chi connectivity index (χ0v) is 20.4. The fourth-order valence-corrected chi connectivity index (χ4v) is 4.19. The lowest BCUT2D eigenvalue weighted by atomic mass is 9.94. The Morgan fingerprint density at radius 1 is 1.06 bits per heavy atom. The molecule has 0 unspecified atom stereocenters. The molecular weight excluding hydrogens is 444 g/mol. The number of nitrogens with zero attached hydrogens (tertiary/aromatic N) is 4. The Bertz CT molecular complexity index is 1270. The average Bonchev–Trinajstić information content (AvgIpc) is 2.82. The Labute approximate surface area is 204 Å². The number of aromatic nitrogens is 1. The van der Waals surface area contributed by atoms with Gasteiger partial charge in [0, 0.05) is 31.0 Å². The summed E-state index contributed by atoms with van der Waals surface area (Å²) < 4.78 is 0. The minimum absolute atomic E-state index is 0.0339. The number of pyridine rings is 1. The molecule has 7 nitrogen and oxygen atoms in total. The maximum atomic E-state index is 12.5. The zero-order valence-electron chi connectivity index (χ0n) is 19.6. The van der Waals surface area contributed by atoms with Crippen LogP contribution in [0.5, 0.6) is 0 Å². The van der Waals surface area contributed by atoms with Gasteiger partial charge in [-0.05, 0) is 41.3 Å². The second-order valence-corrected chi connectivity index (χ2v) is 9.17. The first kappa shape index (κ1) is 24.6. The van der Waals surface area contributed by atoms with Crippen molar-refractivity contribution in [3.8, 4) is 23.3 Å². The van der Waals surface area contributed by atoms with E-state index in [9.17, 15) is 15.3 Å². The van der Waals surface area contributed by atoms with Crippen molar-refractivity contribution < 1.29 is 4.79 Å². The van der Waals surface area contributed by atoms with Gasteiger partial charge in [-0.25, -0.2) is 4.98 Å². The number of nitrogens with one attached hydrogen (secondary N) is 1. The van der Waals surface area contributed by atoms with Crippen molar-refractivity contribution in [2.45, 2.75) is 24.8 Å². The molecule has 1 amide bonds. The molecule has 34 heavy (non-hydrogen) atoms. The van der Waals surface area contributed by atoms with Crippen molar-refractivity contribution in [3.63, 3.8) is 0 Å². The van der Waals surface area contributed by atoms with Crippen LogP contribution in [-0.4, -0.2) is 30.7 Å². The van der Waals surface area contributed by atoms with Gasteiger partial charge in [0.05, 0.1) is 11.3 Å². The molecule has 0 spiro atoms. The van der Waals surface area contributed by atoms with E-state index in [4.69, 9.17) is 5.73 Å². The van der Waals surface area contributed by atoms with E-state index >= 15 is 0 Å². The number of amides is 1. The van der Waals surface area contributed by atoms with Crippen molar-refractivity contribution in [2.75, 3.05) is 35.8 Å². The molecule has 3 N–H and O–H groups in total. The monoisotopic (exact) mass is 470 g/mol. The van der Waals surface area contributed by atoms with E-state index in [1.54, 1.807) is 0 Å². The van der Waals surface area contributed by atoms with E-state index in [1.807, 2.05) is 67.5 Å². The molecule has 2 aromatic carbocycles. The van der Waals surface area contributed by atoms with Gasteiger partial charge >= 0.3 is 0 Å². The summed E-state index contributed by atoms with van der Waals surface area (Å²) in [5, 5.41) is 22.8. The van der Waals surface area contributed by atoms with Crippen LogP contribution in [0.3, 0.4) is 0 Å². The highest BCUT2D eigenvalue weighted by Crippen LogP contribution is 2.36. The molecule has 8 heteroatoms. The van der Waals surface area contributed by atoms with Crippen LogP contribution in [0.4, 0.5) is 17.2 Å². The summed E-state index contributed by atoms with van der Waals surface area (Å²) in [6.45, 7) is 4.19. The molecule has 3 rings (SSSR count). The molecule has 0 aliphatic heterocycles. The lowest BCUT2D eigenvalue weighted by Crippen LogP contribution is -2.15. The summed E-state index contributed by atoms with van der Waals surface area (Å²) in [5.41, 5.74) is 10.5. The summed E-state index contributed by atoms with van der Waals surface area (Å²) in [6.07, 6.45) is 0. The summed E-state index contributed by atoms with van der Waals surface area (Å²) in [6, 6.07) is 19.4. The number of benzene rings is 2. The Hall–Kier alpha value is -4.01. The Kier molecular flexibility index (Phi) is 7.78. The number of carbonyl (C=O) groups excluding carboxylic acids is 1. The van der Waals surface area contributed by atoms with Crippen LogP contribution in [0.15, 0.2) is 53.6 Å². The second kappa shape index (κ2) is 10.7. The SMILES string of the molecule is CC(C)c1ccc(-c2c(C#N)c(N)nc(SCC(=O)Nc3ccc(N(C)C)cc3)c2C#N)cc1. The Morgan fingerprint density at radius 2 is 1.68 bits per heavy atom. The number of rotatable bonds is 7. The summed E-state index contributed by atoms with van der Waals surface area (Å²) in [7, 11) is 3.89. The number of hydrogen-bond donors (Lipinski definition) is 2. The van der Waals surface area contributed by atoms with Gasteiger partial charge in [-0.2, -0.15) is 10.5 Å². The van der Waals surface area contributed by atoms with Crippen LogP contribution in [-0.2, 0) is 4.79 Å². The van der Waals surface area contributed by atoms with E-state index in [-0.39, 0.29) is 28.6 Å². The van der Waals surface area contributed by atoms with E-state index in [0.717, 1.165) is 23.0 Å². The third kappa shape index (κ3) is 5.48. The van der Waals surface area contributed by atoms with E-state index < -0.39 is 0 Å². The van der Waals surface area contributed by atoms with Gasteiger partial charge in [0.2, 0.25) is 5.91 Å². The minimum atomic E-state index is -0.237. The first-order valence-corrected chi connectivity index (χ1v) is 11.7. The lowest BCUT2D eigenvalue weighted by molar-refractivity contribution is -0.113. The molecule has 172 valence electrons. The number of nitriles is 2. The van der Waals surface area contributed by atoms with Crippen LogP contribution >= 0.6 is 11.8 Å². The Balaban J connectivity index is 1.86. The van der Waals surface area contributed by atoms with Gasteiger partial charge in [0.25, 0.3) is 0 Å². The van der Waals surface area contributed by atoms with E-state index in [2.05, 4.69) is 36.3 Å². The predicted octanol–water partition coefficient (Wildman–Crippen LogP) is 4.99. The first-order chi connectivity index (χ1) is 16.2. The largest absolute Gasteiger partial charge is 0.383 e. The van der Waals surface area contributed by atoms with Crippen LogP contribution in [0.1, 0.15) is 36.5 Å². The summed E-state index contributed by atoms with van der Waals surface area (Å²) in [4.78, 5) is 18.8. The van der Waals surface area contributed by atoms with Gasteiger partial charge in [0.1, 0.15) is 28.5 Å². The van der Waals surface area contributed by atoms with Crippen LogP contribution < -0.4 is 16.0 Å².